The molecule has 6 nitrogen and oxygen atoms in total. The van der Waals surface area contributed by atoms with Gasteiger partial charge in [0.2, 0.25) is 9.84 Å². The molecule has 0 aliphatic carbocycles. The molecule has 0 atom stereocenters. The maximum atomic E-state index is 11.6. The quantitative estimate of drug-likeness (QED) is 0.340. The van der Waals surface area contributed by atoms with Crippen LogP contribution in [0.15, 0.2) is 34.3 Å². The minimum absolute atomic E-state index is 0.303. The highest BCUT2D eigenvalue weighted by molar-refractivity contribution is 8.08. The van der Waals surface area contributed by atoms with Crippen LogP contribution in [0.5, 0.6) is 0 Å². The number of carboxylic acid groups (broad SMARTS) is 1. The number of carboxylic acids is 1. The van der Waals surface area contributed by atoms with Gasteiger partial charge >= 0.3 is 5.97 Å². The summed E-state index contributed by atoms with van der Waals surface area (Å²) in [4.78, 5) is 10.2. The molecule has 0 radical (unpaired) electrons. The first-order valence-corrected chi connectivity index (χ1v) is 5.71. The molecular weight excluding hydrogens is 258 g/mol. The molecule has 1 aromatic carbocycles. The number of halogens is 1. The molecule has 0 unspecified atom stereocenters. The van der Waals surface area contributed by atoms with Gasteiger partial charge in [0.1, 0.15) is 0 Å². The van der Waals surface area contributed by atoms with Crippen molar-refractivity contribution in [3.8, 4) is 0 Å². The summed E-state index contributed by atoms with van der Waals surface area (Å²) in [6, 6.07) is 4.80. The van der Waals surface area contributed by atoms with Crippen molar-refractivity contribution < 1.29 is 23.5 Å². The van der Waals surface area contributed by atoms with E-state index in [9.17, 15) is 13.2 Å². The van der Waals surface area contributed by atoms with Crippen LogP contribution in [-0.2, 0) is 14.6 Å². The van der Waals surface area contributed by atoms with E-state index in [4.69, 9.17) is 21.9 Å². The number of benzene rings is 1. The lowest BCUT2D eigenvalue weighted by Crippen LogP contribution is -2.24. The van der Waals surface area contributed by atoms with E-state index in [2.05, 4.69) is 5.16 Å². The molecule has 86 valence electrons. The topological polar surface area (TPSA) is 104 Å². The lowest BCUT2D eigenvalue weighted by atomic mass is 10.4. The molecule has 0 saturated heterocycles. The van der Waals surface area contributed by atoms with Gasteiger partial charge in [-0.15, -0.1) is 0 Å². The molecule has 1 rings (SSSR count). The highest BCUT2D eigenvalue weighted by Crippen LogP contribution is 2.16. The zero-order valence-electron chi connectivity index (χ0n) is 7.66. The second-order valence-corrected chi connectivity index (χ2v) is 4.97. The third-order valence-corrected chi connectivity index (χ3v) is 3.56. The fourth-order valence-electron chi connectivity index (χ4n) is 0.937. The normalized spacial score (nSPS) is 12.4. The maximum Gasteiger partial charge on any atom is 0.370 e. The number of sulfone groups is 1. The standard InChI is InChI=1S/C8H6ClNO5S/c9-5-1-3-6(4-2-5)16(14,15)7(10-13)8(11)12/h1-4,13H,(H,11,12)/b10-7+. The van der Waals surface area contributed by atoms with Crippen molar-refractivity contribution in [3.05, 3.63) is 29.3 Å². The predicted octanol–water partition coefficient (Wildman–Crippen LogP) is 0.986. The third-order valence-electron chi connectivity index (χ3n) is 1.65. The number of hydrogen-bond donors (Lipinski definition) is 2. The average molecular weight is 264 g/mol. The summed E-state index contributed by atoms with van der Waals surface area (Å²) in [6.07, 6.45) is 0. The van der Waals surface area contributed by atoms with Crippen molar-refractivity contribution in [2.24, 2.45) is 5.16 Å². The minimum Gasteiger partial charge on any atom is -0.476 e. The molecule has 0 saturated carbocycles. The fraction of sp³-hybridized carbons (Fsp3) is 0. The largest absolute Gasteiger partial charge is 0.476 e. The second kappa shape index (κ2) is 4.50. The average Bonchev–Trinajstić information content (AvgIpc) is 2.18. The van der Waals surface area contributed by atoms with E-state index >= 15 is 0 Å². The summed E-state index contributed by atoms with van der Waals surface area (Å²) >= 11 is 5.55. The van der Waals surface area contributed by atoms with Gasteiger partial charge in [-0.25, -0.2) is 13.2 Å². The number of aliphatic carboxylic acids is 1. The summed E-state index contributed by atoms with van der Waals surface area (Å²) in [5.74, 6) is -1.84. The summed E-state index contributed by atoms with van der Waals surface area (Å²) in [5, 5.41) is 18.1. The Balaban J connectivity index is 3.32. The van der Waals surface area contributed by atoms with E-state index in [0.717, 1.165) is 12.1 Å². The molecular formula is C8H6ClNO5S. The molecule has 0 heterocycles. The van der Waals surface area contributed by atoms with Crippen molar-refractivity contribution in [2.75, 3.05) is 0 Å². The summed E-state index contributed by atoms with van der Waals surface area (Å²) in [5.41, 5.74) is 0. The molecule has 1 aromatic rings. The number of hydrogen-bond acceptors (Lipinski definition) is 5. The zero-order valence-corrected chi connectivity index (χ0v) is 9.23. The summed E-state index contributed by atoms with van der Waals surface area (Å²) in [6.45, 7) is 0. The Morgan fingerprint density at radius 3 is 2.12 bits per heavy atom. The van der Waals surface area contributed by atoms with Crippen LogP contribution in [0.1, 0.15) is 0 Å². The first-order chi connectivity index (χ1) is 7.39. The fourth-order valence-corrected chi connectivity index (χ4v) is 2.12. The predicted molar refractivity (Wildman–Crippen MR) is 55.5 cm³/mol. The molecule has 16 heavy (non-hydrogen) atoms. The van der Waals surface area contributed by atoms with E-state index in [0.29, 0.717) is 5.02 Å². The van der Waals surface area contributed by atoms with Gasteiger partial charge in [0, 0.05) is 5.02 Å². The molecule has 0 aromatic heterocycles. The Hall–Kier alpha value is -1.60. The van der Waals surface area contributed by atoms with Crippen LogP contribution in [0.25, 0.3) is 0 Å². The van der Waals surface area contributed by atoms with E-state index in [-0.39, 0.29) is 4.90 Å². The van der Waals surface area contributed by atoms with Crippen LogP contribution in [0, 0.1) is 0 Å². The van der Waals surface area contributed by atoms with Crippen LogP contribution in [0.4, 0.5) is 0 Å². The van der Waals surface area contributed by atoms with Gasteiger partial charge in [-0.05, 0) is 24.3 Å². The number of nitrogens with zero attached hydrogens (tertiary/aromatic N) is 1. The van der Waals surface area contributed by atoms with Crippen LogP contribution in [-0.4, -0.2) is 29.7 Å². The van der Waals surface area contributed by atoms with Crippen molar-refractivity contribution >= 4 is 32.5 Å². The monoisotopic (exact) mass is 263 g/mol. The Morgan fingerprint density at radius 1 is 1.25 bits per heavy atom. The molecule has 0 spiro atoms. The van der Waals surface area contributed by atoms with E-state index in [1.165, 1.54) is 12.1 Å². The molecule has 0 aliphatic heterocycles. The first-order valence-electron chi connectivity index (χ1n) is 3.85. The van der Waals surface area contributed by atoms with E-state index in [1.807, 2.05) is 0 Å². The smallest absolute Gasteiger partial charge is 0.370 e. The zero-order chi connectivity index (χ0) is 12.3. The lowest BCUT2D eigenvalue weighted by Gasteiger charge is -2.02. The molecule has 0 amide bonds. The van der Waals surface area contributed by atoms with Crippen molar-refractivity contribution in [1.82, 2.24) is 0 Å². The SMILES string of the molecule is O=C(O)/C(=N\O)S(=O)(=O)c1ccc(Cl)cc1. The second-order valence-electron chi connectivity index (χ2n) is 2.67. The first kappa shape index (κ1) is 12.5. The lowest BCUT2D eigenvalue weighted by molar-refractivity contribution is -0.129. The van der Waals surface area contributed by atoms with Gasteiger partial charge in [0.25, 0.3) is 5.04 Å². The van der Waals surface area contributed by atoms with Gasteiger partial charge in [0.15, 0.2) is 0 Å². The Bertz CT molecular complexity index is 534. The Kier molecular flexibility index (Phi) is 3.51. The van der Waals surface area contributed by atoms with E-state index < -0.39 is 20.9 Å². The van der Waals surface area contributed by atoms with Gasteiger partial charge in [0.05, 0.1) is 4.90 Å². The van der Waals surface area contributed by atoms with Crippen molar-refractivity contribution in [3.63, 3.8) is 0 Å². The molecule has 0 aliphatic rings. The Labute approximate surface area is 95.7 Å². The van der Waals surface area contributed by atoms with Crippen molar-refractivity contribution in [1.29, 1.82) is 0 Å². The maximum absolute atomic E-state index is 11.6. The molecule has 2 N–H and O–H groups in total. The van der Waals surface area contributed by atoms with Crippen LogP contribution >= 0.6 is 11.6 Å². The van der Waals surface area contributed by atoms with Crippen LogP contribution in [0.3, 0.4) is 0 Å². The van der Waals surface area contributed by atoms with Crippen molar-refractivity contribution in [2.45, 2.75) is 4.90 Å². The molecule has 0 bridgehead atoms. The number of oxime groups is 1. The third kappa shape index (κ3) is 2.31. The van der Waals surface area contributed by atoms with Gasteiger partial charge in [-0.1, -0.05) is 16.8 Å². The molecule has 0 fully saturated rings. The summed E-state index contributed by atoms with van der Waals surface area (Å²) < 4.78 is 23.2. The van der Waals surface area contributed by atoms with Crippen LogP contribution < -0.4 is 0 Å². The highest BCUT2D eigenvalue weighted by Gasteiger charge is 2.29. The van der Waals surface area contributed by atoms with Gasteiger partial charge in [-0.3, -0.25) is 0 Å². The van der Waals surface area contributed by atoms with Gasteiger partial charge in [-0.2, -0.15) is 0 Å². The number of carbonyl (C=O) groups is 1. The summed E-state index contributed by atoms with van der Waals surface area (Å²) in [7, 11) is -4.33. The van der Waals surface area contributed by atoms with Gasteiger partial charge < -0.3 is 10.3 Å². The van der Waals surface area contributed by atoms with Crippen LogP contribution in [0.2, 0.25) is 5.02 Å². The van der Waals surface area contributed by atoms with E-state index in [1.54, 1.807) is 0 Å². The Morgan fingerprint density at radius 2 is 1.75 bits per heavy atom. The highest BCUT2D eigenvalue weighted by atomic mass is 35.5. The number of rotatable bonds is 1. The minimum atomic E-state index is -4.33. The molecule has 8 heteroatoms.